The summed E-state index contributed by atoms with van der Waals surface area (Å²) in [6.45, 7) is 0.975. The highest BCUT2D eigenvalue weighted by molar-refractivity contribution is 7.99. The fraction of sp³-hybridized carbons (Fsp3) is 0.267. The van der Waals surface area contributed by atoms with Crippen molar-refractivity contribution < 1.29 is 9.53 Å². The SMILES string of the molecule is O=C(N[C@H]1COc2ccccc21)c1cnc2n(c1=O)CCS2. The summed E-state index contributed by atoms with van der Waals surface area (Å²) < 4.78 is 7.09. The van der Waals surface area contributed by atoms with Gasteiger partial charge in [-0.05, 0) is 6.07 Å². The zero-order valence-corrected chi connectivity index (χ0v) is 12.4. The minimum Gasteiger partial charge on any atom is -0.491 e. The average Bonchev–Trinajstić information content (AvgIpc) is 3.15. The highest BCUT2D eigenvalue weighted by Crippen LogP contribution is 2.31. The Kier molecular flexibility index (Phi) is 3.15. The van der Waals surface area contributed by atoms with Crippen LogP contribution in [-0.4, -0.2) is 27.8 Å². The molecule has 0 spiro atoms. The first-order valence-electron chi connectivity index (χ1n) is 6.99. The van der Waals surface area contributed by atoms with Gasteiger partial charge in [-0.25, -0.2) is 4.98 Å². The number of carbonyl (C=O) groups excluding carboxylic acids is 1. The number of aromatic nitrogens is 2. The lowest BCUT2D eigenvalue weighted by Gasteiger charge is -2.12. The molecule has 4 rings (SSSR count). The highest BCUT2D eigenvalue weighted by Gasteiger charge is 2.27. The summed E-state index contributed by atoms with van der Waals surface area (Å²) in [4.78, 5) is 28.9. The van der Waals surface area contributed by atoms with Crippen molar-refractivity contribution in [2.75, 3.05) is 12.4 Å². The Labute approximate surface area is 130 Å². The first-order chi connectivity index (χ1) is 10.7. The number of nitrogens with zero attached hydrogens (tertiary/aromatic N) is 2. The molecule has 0 bridgehead atoms. The maximum absolute atomic E-state index is 12.4. The number of hydrogen-bond acceptors (Lipinski definition) is 5. The molecule has 1 aromatic heterocycles. The number of ether oxygens (including phenoxy) is 1. The van der Waals surface area contributed by atoms with E-state index < -0.39 is 5.91 Å². The van der Waals surface area contributed by atoms with Gasteiger partial charge in [0.15, 0.2) is 5.16 Å². The fourth-order valence-electron chi connectivity index (χ4n) is 2.69. The lowest BCUT2D eigenvalue weighted by molar-refractivity contribution is 0.0927. The van der Waals surface area contributed by atoms with Crippen molar-refractivity contribution in [2.45, 2.75) is 17.7 Å². The predicted octanol–water partition coefficient (Wildman–Crippen LogP) is 1.21. The van der Waals surface area contributed by atoms with Gasteiger partial charge in [-0.1, -0.05) is 30.0 Å². The van der Waals surface area contributed by atoms with Crippen LogP contribution in [0.1, 0.15) is 22.0 Å². The highest BCUT2D eigenvalue weighted by atomic mass is 32.2. The minimum atomic E-state index is -0.407. The van der Waals surface area contributed by atoms with Crippen molar-refractivity contribution in [1.82, 2.24) is 14.9 Å². The molecule has 3 heterocycles. The summed E-state index contributed by atoms with van der Waals surface area (Å²) in [5, 5.41) is 3.54. The second-order valence-corrected chi connectivity index (χ2v) is 6.20. The Morgan fingerprint density at radius 1 is 1.41 bits per heavy atom. The van der Waals surface area contributed by atoms with Crippen LogP contribution in [-0.2, 0) is 6.54 Å². The van der Waals surface area contributed by atoms with Crippen molar-refractivity contribution in [3.05, 3.63) is 51.9 Å². The van der Waals surface area contributed by atoms with Crippen LogP contribution < -0.4 is 15.6 Å². The van der Waals surface area contributed by atoms with E-state index in [4.69, 9.17) is 4.74 Å². The third kappa shape index (κ3) is 2.09. The number of amides is 1. The predicted molar refractivity (Wildman–Crippen MR) is 81.4 cm³/mol. The number of rotatable bonds is 2. The largest absolute Gasteiger partial charge is 0.491 e. The van der Waals surface area contributed by atoms with E-state index in [9.17, 15) is 9.59 Å². The monoisotopic (exact) mass is 315 g/mol. The summed E-state index contributed by atoms with van der Waals surface area (Å²) in [5.41, 5.74) is 0.732. The summed E-state index contributed by atoms with van der Waals surface area (Å²) in [5.74, 6) is 1.18. The summed E-state index contributed by atoms with van der Waals surface area (Å²) >= 11 is 1.53. The van der Waals surface area contributed by atoms with Crippen LogP contribution in [0.15, 0.2) is 40.4 Å². The lowest BCUT2D eigenvalue weighted by Crippen LogP contribution is -2.36. The van der Waals surface area contributed by atoms with Crippen LogP contribution in [0.2, 0.25) is 0 Å². The number of para-hydroxylation sites is 1. The molecule has 0 fully saturated rings. The number of hydrogen-bond donors (Lipinski definition) is 1. The molecule has 7 heteroatoms. The van der Waals surface area contributed by atoms with Gasteiger partial charge in [0, 0.05) is 24.1 Å². The van der Waals surface area contributed by atoms with Gasteiger partial charge < -0.3 is 10.1 Å². The van der Waals surface area contributed by atoms with Crippen LogP contribution in [0.4, 0.5) is 0 Å². The summed E-state index contributed by atoms with van der Waals surface area (Å²) in [6, 6.07) is 7.32. The summed E-state index contributed by atoms with van der Waals surface area (Å²) in [6.07, 6.45) is 1.36. The Hall–Kier alpha value is -2.28. The molecule has 1 N–H and O–H groups in total. The van der Waals surface area contributed by atoms with Gasteiger partial charge in [0.25, 0.3) is 11.5 Å². The van der Waals surface area contributed by atoms with Crippen molar-refractivity contribution in [1.29, 1.82) is 0 Å². The van der Waals surface area contributed by atoms with Gasteiger partial charge in [-0.15, -0.1) is 0 Å². The Balaban J connectivity index is 1.61. The normalized spacial score (nSPS) is 18.5. The van der Waals surface area contributed by atoms with Gasteiger partial charge in [0.1, 0.15) is 17.9 Å². The molecule has 6 nitrogen and oxygen atoms in total. The molecule has 0 saturated heterocycles. The second-order valence-electron chi connectivity index (χ2n) is 5.13. The smallest absolute Gasteiger partial charge is 0.267 e. The molecule has 2 aliphatic rings. The topological polar surface area (TPSA) is 73.2 Å². The van der Waals surface area contributed by atoms with Gasteiger partial charge in [0.05, 0.1) is 6.04 Å². The molecule has 112 valence electrons. The van der Waals surface area contributed by atoms with Crippen molar-refractivity contribution in [3.8, 4) is 5.75 Å². The second kappa shape index (κ2) is 5.17. The van der Waals surface area contributed by atoms with E-state index in [1.807, 2.05) is 24.3 Å². The summed E-state index contributed by atoms with van der Waals surface area (Å²) in [7, 11) is 0. The quantitative estimate of drug-likeness (QED) is 0.843. The Morgan fingerprint density at radius 2 is 2.27 bits per heavy atom. The maximum Gasteiger partial charge on any atom is 0.267 e. The number of fused-ring (bicyclic) bond motifs is 2. The van der Waals surface area contributed by atoms with Crippen molar-refractivity contribution in [2.24, 2.45) is 0 Å². The van der Waals surface area contributed by atoms with E-state index >= 15 is 0 Å². The molecule has 0 unspecified atom stereocenters. The minimum absolute atomic E-state index is 0.0793. The number of thioether (sulfide) groups is 1. The van der Waals surface area contributed by atoms with Gasteiger partial charge in [0.2, 0.25) is 0 Å². The van der Waals surface area contributed by atoms with E-state index in [1.165, 1.54) is 18.0 Å². The Bertz CT molecular complexity index is 818. The third-order valence-electron chi connectivity index (χ3n) is 3.81. The van der Waals surface area contributed by atoms with E-state index in [-0.39, 0.29) is 17.2 Å². The molecular formula is C15H13N3O3S. The number of benzene rings is 1. The lowest BCUT2D eigenvalue weighted by atomic mass is 10.1. The van der Waals surface area contributed by atoms with E-state index in [0.29, 0.717) is 18.3 Å². The van der Waals surface area contributed by atoms with Crippen LogP contribution in [0.3, 0.4) is 0 Å². The van der Waals surface area contributed by atoms with E-state index in [2.05, 4.69) is 10.3 Å². The molecular weight excluding hydrogens is 302 g/mol. The fourth-order valence-corrected chi connectivity index (χ4v) is 3.61. The van der Waals surface area contributed by atoms with E-state index in [0.717, 1.165) is 17.1 Å². The van der Waals surface area contributed by atoms with Gasteiger partial charge in [-0.2, -0.15) is 0 Å². The molecule has 1 aromatic carbocycles. The van der Waals surface area contributed by atoms with Crippen LogP contribution in [0, 0.1) is 0 Å². The zero-order valence-electron chi connectivity index (χ0n) is 11.6. The molecule has 0 aliphatic carbocycles. The van der Waals surface area contributed by atoms with Crippen LogP contribution in [0.5, 0.6) is 5.75 Å². The van der Waals surface area contributed by atoms with E-state index in [1.54, 1.807) is 4.57 Å². The first kappa shape index (κ1) is 13.4. The molecule has 2 aromatic rings. The number of carbonyl (C=O) groups is 1. The Morgan fingerprint density at radius 3 is 3.18 bits per heavy atom. The number of nitrogens with one attached hydrogen (secondary N) is 1. The van der Waals surface area contributed by atoms with Crippen LogP contribution >= 0.6 is 11.8 Å². The third-order valence-corrected chi connectivity index (χ3v) is 4.78. The molecule has 22 heavy (non-hydrogen) atoms. The molecule has 1 amide bonds. The van der Waals surface area contributed by atoms with Crippen molar-refractivity contribution >= 4 is 17.7 Å². The van der Waals surface area contributed by atoms with Gasteiger partial charge >= 0.3 is 0 Å². The molecule has 2 aliphatic heterocycles. The molecule has 1 atom stereocenters. The van der Waals surface area contributed by atoms with Crippen LogP contribution in [0.25, 0.3) is 0 Å². The maximum atomic E-state index is 12.4. The van der Waals surface area contributed by atoms with Gasteiger partial charge in [-0.3, -0.25) is 14.2 Å². The first-order valence-corrected chi connectivity index (χ1v) is 7.98. The molecule has 0 radical (unpaired) electrons. The molecule has 0 saturated carbocycles. The average molecular weight is 315 g/mol. The van der Waals surface area contributed by atoms with Crippen molar-refractivity contribution in [3.63, 3.8) is 0 Å². The zero-order chi connectivity index (χ0) is 15.1. The standard InChI is InChI=1S/C15H13N3O3S/c19-13(10-7-16-15-18(14(10)20)5-6-22-15)17-11-8-21-12-4-2-1-3-9(11)12/h1-4,7,11H,5-6,8H2,(H,17,19)/t11-/m0/s1.